The molecule has 0 unspecified atom stereocenters. The highest BCUT2D eigenvalue weighted by Gasteiger charge is 2.25. The molecule has 1 saturated heterocycles. The Bertz CT molecular complexity index is 757. The van der Waals surface area contributed by atoms with Crippen LogP contribution in [0.4, 0.5) is 5.82 Å². The number of rotatable bonds is 4. The third-order valence-corrected chi connectivity index (χ3v) is 4.16. The second kappa shape index (κ2) is 7.46. The number of nitrogens with zero attached hydrogens (tertiary/aromatic N) is 5. The van der Waals surface area contributed by atoms with Gasteiger partial charge in [0.1, 0.15) is 17.2 Å². The normalized spacial score (nSPS) is 14.5. The van der Waals surface area contributed by atoms with E-state index in [0.29, 0.717) is 31.1 Å². The van der Waals surface area contributed by atoms with E-state index in [0.717, 1.165) is 30.4 Å². The minimum Gasteiger partial charge on any atom is -0.477 e. The van der Waals surface area contributed by atoms with E-state index >= 15 is 0 Å². The first-order valence-electron chi connectivity index (χ1n) is 8.53. The molecule has 1 fully saturated rings. The largest absolute Gasteiger partial charge is 0.477 e. The molecular formula is C18H23N5O2. The molecule has 2 aromatic heterocycles. The molecular weight excluding hydrogens is 318 g/mol. The molecule has 0 atom stereocenters. The summed E-state index contributed by atoms with van der Waals surface area (Å²) in [5, 5.41) is 0. The number of hydrogen-bond acceptors (Lipinski definition) is 6. The molecule has 0 saturated carbocycles. The van der Waals surface area contributed by atoms with E-state index in [1.165, 1.54) is 0 Å². The van der Waals surface area contributed by atoms with Crippen LogP contribution in [0.5, 0.6) is 5.88 Å². The van der Waals surface area contributed by atoms with Crippen molar-refractivity contribution in [3.8, 4) is 5.88 Å². The predicted molar refractivity (Wildman–Crippen MR) is 95.0 cm³/mol. The molecule has 132 valence electrons. The summed E-state index contributed by atoms with van der Waals surface area (Å²) in [6.07, 6.45) is 1.77. The number of carbonyl (C=O) groups excluding carboxylic acids is 1. The summed E-state index contributed by atoms with van der Waals surface area (Å²) in [5.41, 5.74) is 1.36. The highest BCUT2D eigenvalue weighted by Crippen LogP contribution is 2.20. The van der Waals surface area contributed by atoms with Crippen molar-refractivity contribution in [1.29, 1.82) is 0 Å². The molecule has 1 amide bonds. The Labute approximate surface area is 147 Å². The molecule has 0 bridgehead atoms. The van der Waals surface area contributed by atoms with Crippen LogP contribution in [0, 0.1) is 13.8 Å². The lowest BCUT2D eigenvalue weighted by Gasteiger charge is -2.35. The fraction of sp³-hybridized carbons (Fsp3) is 0.444. The molecule has 0 N–H and O–H groups in total. The van der Waals surface area contributed by atoms with Crippen molar-refractivity contribution in [3.63, 3.8) is 0 Å². The monoisotopic (exact) mass is 341 g/mol. The average Bonchev–Trinajstić information content (AvgIpc) is 2.62. The van der Waals surface area contributed by atoms with E-state index in [2.05, 4.69) is 19.9 Å². The minimum atomic E-state index is -0.0329. The van der Waals surface area contributed by atoms with E-state index in [4.69, 9.17) is 4.74 Å². The van der Waals surface area contributed by atoms with Crippen molar-refractivity contribution < 1.29 is 9.53 Å². The molecule has 1 aliphatic heterocycles. The van der Waals surface area contributed by atoms with Gasteiger partial charge in [-0.05, 0) is 39.0 Å². The number of piperazine rings is 1. The van der Waals surface area contributed by atoms with Gasteiger partial charge in [-0.3, -0.25) is 4.79 Å². The van der Waals surface area contributed by atoms with Crippen LogP contribution in [0.1, 0.15) is 28.8 Å². The van der Waals surface area contributed by atoms with Crippen molar-refractivity contribution in [3.05, 3.63) is 41.5 Å². The third kappa shape index (κ3) is 3.87. The summed E-state index contributed by atoms with van der Waals surface area (Å²) in [4.78, 5) is 29.8. The topological polar surface area (TPSA) is 71.5 Å². The maximum Gasteiger partial charge on any atom is 0.259 e. The summed E-state index contributed by atoms with van der Waals surface area (Å²) in [6, 6.07) is 5.55. The molecule has 1 aliphatic rings. The Morgan fingerprint density at radius 3 is 2.56 bits per heavy atom. The van der Waals surface area contributed by atoms with Gasteiger partial charge < -0.3 is 14.5 Å². The van der Waals surface area contributed by atoms with Crippen molar-refractivity contribution >= 4 is 11.7 Å². The zero-order valence-corrected chi connectivity index (χ0v) is 14.9. The zero-order valence-electron chi connectivity index (χ0n) is 14.9. The van der Waals surface area contributed by atoms with Crippen LogP contribution in [0.2, 0.25) is 0 Å². The van der Waals surface area contributed by atoms with Gasteiger partial charge in [0.15, 0.2) is 0 Å². The molecule has 0 radical (unpaired) electrons. The van der Waals surface area contributed by atoms with E-state index in [1.54, 1.807) is 12.3 Å². The highest BCUT2D eigenvalue weighted by atomic mass is 16.5. The van der Waals surface area contributed by atoms with Crippen LogP contribution in [0.25, 0.3) is 0 Å². The van der Waals surface area contributed by atoms with Gasteiger partial charge in [0, 0.05) is 38.1 Å². The fourth-order valence-electron chi connectivity index (χ4n) is 2.87. The Morgan fingerprint density at radius 2 is 1.88 bits per heavy atom. The number of anilines is 1. The zero-order chi connectivity index (χ0) is 17.8. The summed E-state index contributed by atoms with van der Waals surface area (Å²) in [6.45, 7) is 8.90. The lowest BCUT2D eigenvalue weighted by atomic mass is 10.2. The first-order valence-corrected chi connectivity index (χ1v) is 8.53. The number of pyridine rings is 1. The first kappa shape index (κ1) is 17.1. The number of aromatic nitrogens is 3. The molecule has 0 aromatic carbocycles. The Balaban J connectivity index is 1.70. The summed E-state index contributed by atoms with van der Waals surface area (Å²) in [7, 11) is 0. The minimum absolute atomic E-state index is 0.0329. The fourth-order valence-corrected chi connectivity index (χ4v) is 2.87. The van der Waals surface area contributed by atoms with Gasteiger partial charge >= 0.3 is 0 Å². The SMILES string of the molecule is CCOc1nc(C)ccc1C(=O)N1CCN(c2ccnc(C)n2)CC1. The molecule has 3 rings (SSSR count). The quantitative estimate of drug-likeness (QED) is 0.845. The predicted octanol–water partition coefficient (Wildman–Crippen LogP) is 1.85. The second-order valence-electron chi connectivity index (χ2n) is 5.98. The lowest BCUT2D eigenvalue weighted by molar-refractivity contribution is 0.0741. The van der Waals surface area contributed by atoms with Crippen LogP contribution in [0.15, 0.2) is 24.4 Å². The van der Waals surface area contributed by atoms with Gasteiger partial charge in [-0.15, -0.1) is 0 Å². The van der Waals surface area contributed by atoms with E-state index in [-0.39, 0.29) is 5.91 Å². The van der Waals surface area contributed by atoms with E-state index < -0.39 is 0 Å². The molecule has 3 heterocycles. The standard InChI is InChI=1S/C18H23N5O2/c1-4-25-17-15(6-5-13(2)20-17)18(24)23-11-9-22(10-12-23)16-7-8-19-14(3)21-16/h5-8H,4,9-12H2,1-3H3. The summed E-state index contributed by atoms with van der Waals surface area (Å²) >= 11 is 0. The van der Waals surface area contributed by atoms with Crippen molar-refractivity contribution in [2.45, 2.75) is 20.8 Å². The van der Waals surface area contributed by atoms with Gasteiger partial charge in [-0.2, -0.15) is 0 Å². The van der Waals surface area contributed by atoms with Gasteiger partial charge in [-0.1, -0.05) is 0 Å². The van der Waals surface area contributed by atoms with E-state index in [1.807, 2.05) is 37.8 Å². The van der Waals surface area contributed by atoms with E-state index in [9.17, 15) is 4.79 Å². The highest BCUT2D eigenvalue weighted by molar-refractivity contribution is 5.96. The lowest BCUT2D eigenvalue weighted by Crippen LogP contribution is -2.49. The van der Waals surface area contributed by atoms with Gasteiger partial charge in [0.05, 0.1) is 6.61 Å². The van der Waals surface area contributed by atoms with Crippen molar-refractivity contribution in [1.82, 2.24) is 19.9 Å². The van der Waals surface area contributed by atoms with Gasteiger partial charge in [0.2, 0.25) is 5.88 Å². The van der Waals surface area contributed by atoms with Crippen LogP contribution in [-0.2, 0) is 0 Å². The number of carbonyl (C=O) groups is 1. The Morgan fingerprint density at radius 1 is 1.12 bits per heavy atom. The number of amides is 1. The number of hydrogen-bond donors (Lipinski definition) is 0. The third-order valence-electron chi connectivity index (χ3n) is 4.16. The molecule has 2 aromatic rings. The smallest absolute Gasteiger partial charge is 0.259 e. The van der Waals surface area contributed by atoms with Crippen LogP contribution < -0.4 is 9.64 Å². The maximum atomic E-state index is 12.9. The molecule has 25 heavy (non-hydrogen) atoms. The Hall–Kier alpha value is -2.70. The maximum absolute atomic E-state index is 12.9. The van der Waals surface area contributed by atoms with Crippen LogP contribution >= 0.6 is 0 Å². The number of aryl methyl sites for hydroxylation is 2. The molecule has 0 spiro atoms. The Kier molecular flexibility index (Phi) is 5.11. The van der Waals surface area contributed by atoms with Crippen LogP contribution in [0.3, 0.4) is 0 Å². The van der Waals surface area contributed by atoms with Gasteiger partial charge in [0.25, 0.3) is 5.91 Å². The summed E-state index contributed by atoms with van der Waals surface area (Å²) in [5.74, 6) is 2.05. The molecule has 7 nitrogen and oxygen atoms in total. The molecule has 7 heteroatoms. The first-order chi connectivity index (χ1) is 12.1. The molecule has 0 aliphatic carbocycles. The van der Waals surface area contributed by atoms with Crippen molar-refractivity contribution in [2.75, 3.05) is 37.7 Å². The van der Waals surface area contributed by atoms with Gasteiger partial charge in [-0.25, -0.2) is 15.0 Å². The van der Waals surface area contributed by atoms with Crippen molar-refractivity contribution in [2.24, 2.45) is 0 Å². The number of ether oxygens (including phenoxy) is 1. The second-order valence-corrected chi connectivity index (χ2v) is 5.98. The van der Waals surface area contributed by atoms with Crippen LogP contribution in [-0.4, -0.2) is 58.5 Å². The summed E-state index contributed by atoms with van der Waals surface area (Å²) < 4.78 is 5.55. The average molecular weight is 341 g/mol.